The van der Waals surface area contributed by atoms with Crippen molar-refractivity contribution >= 4 is 39.7 Å². The van der Waals surface area contributed by atoms with E-state index in [0.29, 0.717) is 18.9 Å². The summed E-state index contributed by atoms with van der Waals surface area (Å²) >= 11 is 1.78. The highest BCUT2D eigenvalue weighted by Crippen LogP contribution is 2.39. The van der Waals surface area contributed by atoms with Crippen LogP contribution in [0.4, 0.5) is 0 Å². The van der Waals surface area contributed by atoms with Crippen LogP contribution in [-0.4, -0.2) is 18.0 Å². The summed E-state index contributed by atoms with van der Waals surface area (Å²) in [5.74, 6) is 0.710. The van der Waals surface area contributed by atoms with Gasteiger partial charge >= 0.3 is 0 Å². The van der Waals surface area contributed by atoms with Crippen LogP contribution in [0, 0.1) is 5.92 Å². The first kappa shape index (κ1) is 18.2. The summed E-state index contributed by atoms with van der Waals surface area (Å²) in [5.41, 5.74) is 7.01. The molecule has 1 saturated carbocycles. The van der Waals surface area contributed by atoms with Crippen molar-refractivity contribution < 1.29 is 4.79 Å². The second-order valence-corrected chi connectivity index (χ2v) is 7.47. The Balaban J connectivity index is 0.00000192. The smallest absolute Gasteiger partial charge is 0.220 e. The van der Waals surface area contributed by atoms with Crippen LogP contribution in [0.1, 0.15) is 38.2 Å². The van der Waals surface area contributed by atoms with Crippen molar-refractivity contribution in [3.63, 3.8) is 0 Å². The second kappa shape index (κ2) is 7.65. The molecule has 0 spiro atoms. The van der Waals surface area contributed by atoms with Crippen LogP contribution in [0.25, 0.3) is 10.1 Å². The van der Waals surface area contributed by atoms with Crippen LogP contribution in [-0.2, 0) is 11.2 Å². The van der Waals surface area contributed by atoms with Gasteiger partial charge in [-0.3, -0.25) is 4.79 Å². The molecule has 2 aromatic rings. The number of fused-ring (bicyclic) bond motifs is 1. The molecule has 1 aromatic heterocycles. The van der Waals surface area contributed by atoms with Gasteiger partial charge in [-0.05, 0) is 60.9 Å². The maximum atomic E-state index is 12.2. The number of benzene rings is 1. The van der Waals surface area contributed by atoms with E-state index in [1.54, 1.807) is 11.3 Å². The van der Waals surface area contributed by atoms with Crippen molar-refractivity contribution in [2.45, 2.75) is 44.6 Å². The van der Waals surface area contributed by atoms with E-state index < -0.39 is 0 Å². The molecule has 1 fully saturated rings. The number of nitrogens with one attached hydrogen (secondary N) is 1. The number of hydrogen-bond acceptors (Lipinski definition) is 3. The van der Waals surface area contributed by atoms with E-state index in [0.717, 1.165) is 12.8 Å². The Hall–Kier alpha value is -1.10. The highest BCUT2D eigenvalue weighted by molar-refractivity contribution is 7.17. The van der Waals surface area contributed by atoms with Crippen LogP contribution in [0.3, 0.4) is 0 Å². The minimum atomic E-state index is -0.202. The molecule has 0 radical (unpaired) electrons. The lowest BCUT2D eigenvalue weighted by atomic mass is 9.95. The van der Waals surface area contributed by atoms with Crippen molar-refractivity contribution in [1.82, 2.24) is 5.32 Å². The van der Waals surface area contributed by atoms with Gasteiger partial charge in [-0.2, -0.15) is 0 Å². The van der Waals surface area contributed by atoms with E-state index in [-0.39, 0.29) is 23.9 Å². The summed E-state index contributed by atoms with van der Waals surface area (Å²) in [5, 5.41) is 6.71. The van der Waals surface area contributed by atoms with Crippen LogP contribution in [0.5, 0.6) is 0 Å². The fraction of sp³-hybridized carbons (Fsp3) is 0.500. The van der Waals surface area contributed by atoms with Gasteiger partial charge in [0.15, 0.2) is 0 Å². The third-order valence-electron chi connectivity index (χ3n) is 4.74. The van der Waals surface area contributed by atoms with Gasteiger partial charge in [0.05, 0.1) is 5.54 Å². The monoisotopic (exact) mass is 352 g/mol. The molecular formula is C18H25ClN2OS. The molecule has 1 aromatic carbocycles. The molecule has 1 heterocycles. The number of carbonyl (C=O) groups is 1. The van der Waals surface area contributed by atoms with Gasteiger partial charge in [-0.15, -0.1) is 23.7 Å². The predicted octanol–water partition coefficient (Wildman–Crippen LogP) is 3.89. The molecule has 0 saturated heterocycles. The minimum absolute atomic E-state index is 0. The highest BCUT2D eigenvalue weighted by atomic mass is 35.5. The quantitative estimate of drug-likeness (QED) is 0.794. The maximum Gasteiger partial charge on any atom is 0.220 e. The minimum Gasteiger partial charge on any atom is -0.349 e. The Morgan fingerprint density at radius 3 is 2.83 bits per heavy atom. The molecule has 3 N–H and O–H groups in total. The maximum absolute atomic E-state index is 12.2. The Morgan fingerprint density at radius 2 is 2.13 bits per heavy atom. The number of nitrogens with two attached hydrogens (primary N) is 1. The Bertz CT molecular complexity index is 668. The summed E-state index contributed by atoms with van der Waals surface area (Å²) in [6.45, 7) is 2.60. The third kappa shape index (κ3) is 4.25. The molecule has 3 rings (SSSR count). The van der Waals surface area contributed by atoms with Crippen LogP contribution >= 0.6 is 23.7 Å². The van der Waals surface area contributed by atoms with Gasteiger partial charge in [0, 0.05) is 17.7 Å². The lowest BCUT2D eigenvalue weighted by molar-refractivity contribution is -0.123. The summed E-state index contributed by atoms with van der Waals surface area (Å²) in [7, 11) is 0. The number of carbonyl (C=O) groups excluding carboxylic acids is 1. The average Bonchev–Trinajstić information content (AvgIpc) is 3.30. The second-order valence-electron chi connectivity index (χ2n) is 6.55. The van der Waals surface area contributed by atoms with Gasteiger partial charge in [0.2, 0.25) is 5.91 Å². The highest BCUT2D eigenvalue weighted by Gasteiger charge is 2.41. The van der Waals surface area contributed by atoms with Crippen LogP contribution in [0.2, 0.25) is 0 Å². The summed E-state index contributed by atoms with van der Waals surface area (Å²) in [6, 6.07) is 8.47. The zero-order valence-corrected chi connectivity index (χ0v) is 15.1. The predicted molar refractivity (Wildman–Crippen MR) is 100 cm³/mol. The third-order valence-corrected chi connectivity index (χ3v) is 5.75. The molecule has 1 atom stereocenters. The Labute approximate surface area is 148 Å². The summed E-state index contributed by atoms with van der Waals surface area (Å²) in [6.07, 6.45) is 4.80. The van der Waals surface area contributed by atoms with E-state index in [2.05, 4.69) is 41.9 Å². The first-order valence-electron chi connectivity index (χ1n) is 8.08. The molecule has 5 heteroatoms. The fourth-order valence-corrected chi connectivity index (χ4v) is 4.08. The molecule has 0 bridgehead atoms. The van der Waals surface area contributed by atoms with E-state index in [4.69, 9.17) is 5.73 Å². The van der Waals surface area contributed by atoms with Crippen molar-refractivity contribution in [2.24, 2.45) is 11.7 Å². The zero-order valence-electron chi connectivity index (χ0n) is 13.5. The molecular weight excluding hydrogens is 328 g/mol. The molecule has 3 nitrogen and oxygen atoms in total. The van der Waals surface area contributed by atoms with Crippen molar-refractivity contribution in [1.29, 1.82) is 0 Å². The molecule has 1 aliphatic rings. The fourth-order valence-electron chi connectivity index (χ4n) is 3.09. The lowest BCUT2D eigenvalue weighted by Gasteiger charge is -2.29. The van der Waals surface area contributed by atoms with E-state index in [1.165, 1.54) is 28.5 Å². The largest absolute Gasteiger partial charge is 0.349 e. The Morgan fingerprint density at radius 1 is 1.39 bits per heavy atom. The normalized spacial score (nSPS) is 16.6. The van der Waals surface area contributed by atoms with E-state index in [9.17, 15) is 4.79 Å². The van der Waals surface area contributed by atoms with Gasteiger partial charge in [0.1, 0.15) is 0 Å². The molecule has 1 amide bonds. The molecule has 1 unspecified atom stereocenters. The average molecular weight is 353 g/mol. The summed E-state index contributed by atoms with van der Waals surface area (Å²) < 4.78 is 1.33. The van der Waals surface area contributed by atoms with Gasteiger partial charge in [0.25, 0.3) is 0 Å². The number of amides is 1. The Kier molecular flexibility index (Phi) is 6.06. The van der Waals surface area contributed by atoms with Crippen LogP contribution < -0.4 is 11.1 Å². The molecule has 23 heavy (non-hydrogen) atoms. The lowest BCUT2D eigenvalue weighted by Crippen LogP contribution is -2.53. The topological polar surface area (TPSA) is 55.1 Å². The standard InChI is InChI=1S/C18H24N2OS.ClH/c1-18(12-19,14-9-10-14)20-17(21)8-4-5-13-11-22-16-7-3-2-6-15(13)16;/h2-3,6-7,11,14H,4-5,8-10,12,19H2,1H3,(H,20,21);1H. The molecule has 0 aliphatic heterocycles. The SMILES string of the molecule is CC(CN)(NC(=O)CCCc1csc2ccccc12)C1CC1.Cl. The van der Waals surface area contributed by atoms with Gasteiger partial charge < -0.3 is 11.1 Å². The van der Waals surface area contributed by atoms with Crippen molar-refractivity contribution in [3.05, 3.63) is 35.2 Å². The van der Waals surface area contributed by atoms with E-state index in [1.807, 2.05) is 0 Å². The van der Waals surface area contributed by atoms with Crippen LogP contribution in [0.15, 0.2) is 29.6 Å². The van der Waals surface area contributed by atoms with Gasteiger partial charge in [-0.25, -0.2) is 0 Å². The summed E-state index contributed by atoms with van der Waals surface area (Å²) in [4.78, 5) is 12.2. The zero-order chi connectivity index (χ0) is 15.6. The van der Waals surface area contributed by atoms with Crippen molar-refractivity contribution in [3.8, 4) is 0 Å². The first-order valence-corrected chi connectivity index (χ1v) is 8.96. The molecule has 1 aliphatic carbocycles. The number of hydrogen-bond donors (Lipinski definition) is 2. The van der Waals surface area contributed by atoms with Crippen molar-refractivity contribution in [2.75, 3.05) is 6.54 Å². The first-order chi connectivity index (χ1) is 10.6. The number of thiophene rings is 1. The number of halogens is 1. The molecule has 126 valence electrons. The number of rotatable bonds is 7. The number of aryl methyl sites for hydroxylation is 1. The van der Waals surface area contributed by atoms with E-state index >= 15 is 0 Å². The van der Waals surface area contributed by atoms with Gasteiger partial charge in [-0.1, -0.05) is 18.2 Å².